The molecule has 0 atom stereocenters. The lowest BCUT2D eigenvalue weighted by atomic mass is 10.2. The van der Waals surface area contributed by atoms with Crippen LogP contribution in [-0.4, -0.2) is 34.7 Å². The molecule has 0 aliphatic rings. The van der Waals surface area contributed by atoms with Gasteiger partial charge in [0, 0.05) is 11.6 Å². The van der Waals surface area contributed by atoms with Crippen molar-refractivity contribution in [2.24, 2.45) is 0 Å². The molecule has 0 saturated heterocycles. The molecule has 0 bridgehead atoms. The molecule has 0 saturated carbocycles. The van der Waals surface area contributed by atoms with Crippen molar-refractivity contribution in [1.82, 2.24) is 10.2 Å². The van der Waals surface area contributed by atoms with Gasteiger partial charge in [0.1, 0.15) is 0 Å². The molecule has 0 aliphatic heterocycles. The van der Waals surface area contributed by atoms with Gasteiger partial charge in [0.15, 0.2) is 9.84 Å². The number of nitro groups is 1. The van der Waals surface area contributed by atoms with Crippen LogP contribution in [0.15, 0.2) is 45.7 Å². The highest BCUT2D eigenvalue weighted by molar-refractivity contribution is 7.92. The van der Waals surface area contributed by atoms with E-state index in [0.717, 1.165) is 0 Å². The molecule has 0 spiro atoms. The number of hydrogen-bond donors (Lipinski definition) is 1. The number of carbonyl (C=O) groups excluding carboxylic acids is 1. The van der Waals surface area contributed by atoms with Crippen LogP contribution in [0.5, 0.6) is 0 Å². The molecule has 10 nitrogen and oxygen atoms in total. The van der Waals surface area contributed by atoms with Crippen LogP contribution in [-0.2, 0) is 9.84 Å². The summed E-state index contributed by atoms with van der Waals surface area (Å²) in [7, 11) is -3.47. The smallest absolute Gasteiger partial charge is 0.324 e. The van der Waals surface area contributed by atoms with Gasteiger partial charge in [-0.25, -0.2) is 8.42 Å². The fraction of sp³-hybridized carbons (Fsp3) is 0.188. The van der Waals surface area contributed by atoms with Crippen molar-refractivity contribution >= 4 is 38.1 Å². The van der Waals surface area contributed by atoms with Gasteiger partial charge in [-0.3, -0.25) is 20.2 Å². The average molecular weight is 422 g/mol. The molecule has 1 N–H and O–H groups in total. The van der Waals surface area contributed by atoms with Crippen molar-refractivity contribution in [2.75, 3.05) is 5.32 Å². The number of aromatic nitrogens is 2. The van der Waals surface area contributed by atoms with Gasteiger partial charge in [0.05, 0.1) is 19.9 Å². The largest absolute Gasteiger partial charge is 0.403 e. The number of hydrogen-bond acceptors (Lipinski definition) is 9. The minimum atomic E-state index is -3.47. The highest BCUT2D eigenvalue weighted by atomic mass is 32.2. The molecule has 0 unspecified atom stereocenters. The summed E-state index contributed by atoms with van der Waals surface area (Å²) < 4.78 is 30.0. The molecule has 12 heteroatoms. The van der Waals surface area contributed by atoms with Gasteiger partial charge in [0.25, 0.3) is 5.91 Å². The van der Waals surface area contributed by atoms with Crippen LogP contribution in [0.25, 0.3) is 11.5 Å². The van der Waals surface area contributed by atoms with Crippen molar-refractivity contribution in [3.63, 3.8) is 0 Å². The highest BCUT2D eigenvalue weighted by Gasteiger charge is 2.21. The molecular weight excluding hydrogens is 408 g/mol. The second-order valence-electron chi connectivity index (χ2n) is 5.88. The Kier molecular flexibility index (Phi) is 5.25. The zero-order chi connectivity index (χ0) is 20.5. The highest BCUT2D eigenvalue weighted by Crippen LogP contribution is 2.27. The van der Waals surface area contributed by atoms with E-state index in [9.17, 15) is 23.3 Å². The van der Waals surface area contributed by atoms with E-state index in [1.165, 1.54) is 24.3 Å². The van der Waals surface area contributed by atoms with Crippen molar-refractivity contribution in [3.8, 4) is 11.5 Å². The van der Waals surface area contributed by atoms with E-state index in [0.29, 0.717) is 16.9 Å². The Morgan fingerprint density at radius 3 is 2.64 bits per heavy atom. The third kappa shape index (κ3) is 3.92. The molecule has 3 rings (SSSR count). The molecule has 0 aliphatic carbocycles. The Labute approximate surface area is 163 Å². The van der Waals surface area contributed by atoms with Crippen LogP contribution < -0.4 is 5.32 Å². The van der Waals surface area contributed by atoms with E-state index < -0.39 is 25.9 Å². The predicted octanol–water partition coefficient (Wildman–Crippen LogP) is 3.14. The third-order valence-corrected chi connectivity index (χ3v) is 6.86. The Morgan fingerprint density at radius 1 is 1.25 bits per heavy atom. The van der Waals surface area contributed by atoms with Crippen LogP contribution in [0, 0.1) is 10.1 Å². The molecule has 0 fully saturated rings. The lowest BCUT2D eigenvalue weighted by Gasteiger charge is -2.08. The second kappa shape index (κ2) is 7.48. The minimum absolute atomic E-state index is 0.0215. The third-order valence-electron chi connectivity index (χ3n) is 3.67. The number of thiophene rings is 1. The van der Waals surface area contributed by atoms with Gasteiger partial charge in [0.2, 0.25) is 5.89 Å². The Hall–Kier alpha value is -3.12. The maximum absolute atomic E-state index is 12.3. The molecular formula is C16H14N4O6S2. The van der Waals surface area contributed by atoms with Gasteiger partial charge >= 0.3 is 11.0 Å². The molecule has 1 aromatic carbocycles. The first kappa shape index (κ1) is 19.6. The predicted molar refractivity (Wildman–Crippen MR) is 101 cm³/mol. The van der Waals surface area contributed by atoms with Gasteiger partial charge in [-0.2, -0.15) is 0 Å². The summed E-state index contributed by atoms with van der Waals surface area (Å²) in [5.41, 5.74) is 0.376. The summed E-state index contributed by atoms with van der Waals surface area (Å²) in [4.78, 5) is 22.5. The van der Waals surface area contributed by atoms with E-state index in [2.05, 4.69) is 15.5 Å². The number of benzene rings is 1. The molecule has 28 heavy (non-hydrogen) atoms. The summed E-state index contributed by atoms with van der Waals surface area (Å²) in [5, 5.41) is 19.8. The number of anilines is 1. The Bertz CT molecular complexity index is 1150. The second-order valence-corrected chi connectivity index (χ2v) is 9.45. The summed E-state index contributed by atoms with van der Waals surface area (Å²) in [6, 6.07) is 8.36. The lowest BCUT2D eigenvalue weighted by molar-refractivity contribution is -0.380. The van der Waals surface area contributed by atoms with E-state index in [1.807, 2.05) is 0 Å². The fourth-order valence-electron chi connectivity index (χ4n) is 2.18. The van der Waals surface area contributed by atoms with E-state index in [4.69, 9.17) is 4.42 Å². The van der Waals surface area contributed by atoms with Crippen LogP contribution in [0.1, 0.15) is 23.5 Å². The van der Waals surface area contributed by atoms with Crippen LogP contribution in [0.3, 0.4) is 0 Å². The molecule has 2 heterocycles. The van der Waals surface area contributed by atoms with E-state index in [1.54, 1.807) is 26.0 Å². The van der Waals surface area contributed by atoms with Crippen molar-refractivity contribution in [2.45, 2.75) is 24.0 Å². The number of carbonyl (C=O) groups is 1. The number of nitrogens with one attached hydrogen (secondary N) is 1. The molecule has 2 aromatic heterocycles. The first-order valence-electron chi connectivity index (χ1n) is 7.92. The SMILES string of the molecule is CC(C)S(=O)(=O)c1cccc(-c2nnc(NC(=O)c3ccc([N+](=O)[O-])s3)o2)c1. The number of nitrogens with zero attached hydrogens (tertiary/aromatic N) is 3. The normalized spacial score (nSPS) is 11.5. The zero-order valence-electron chi connectivity index (χ0n) is 14.6. The maximum atomic E-state index is 12.3. The molecule has 3 aromatic rings. The first-order valence-corrected chi connectivity index (χ1v) is 10.3. The number of amides is 1. The monoisotopic (exact) mass is 422 g/mol. The average Bonchev–Trinajstić information content (AvgIpc) is 3.31. The van der Waals surface area contributed by atoms with Crippen LogP contribution >= 0.6 is 11.3 Å². The summed E-state index contributed by atoms with van der Waals surface area (Å²) in [5.74, 6) is -0.613. The van der Waals surface area contributed by atoms with Crippen LogP contribution in [0.2, 0.25) is 0 Å². The maximum Gasteiger partial charge on any atom is 0.324 e. The van der Waals surface area contributed by atoms with Gasteiger partial charge in [-0.15, -0.1) is 5.10 Å². The van der Waals surface area contributed by atoms with Gasteiger partial charge in [-0.05, 0) is 38.1 Å². The van der Waals surface area contributed by atoms with Crippen molar-refractivity contribution in [3.05, 3.63) is 51.4 Å². The minimum Gasteiger partial charge on any atom is -0.403 e. The quantitative estimate of drug-likeness (QED) is 0.471. The number of sulfone groups is 1. The standard InChI is InChI=1S/C16H14N4O6S2/c1-9(2)28(24,25)11-5-3-4-10(8-11)15-18-19-16(26-15)17-14(21)12-6-7-13(27-12)20(22)23/h3-9H,1-2H3,(H,17,19,21). The van der Waals surface area contributed by atoms with E-state index in [-0.39, 0.29) is 26.7 Å². The molecule has 146 valence electrons. The number of rotatable bonds is 6. The molecule has 0 radical (unpaired) electrons. The first-order chi connectivity index (χ1) is 13.2. The zero-order valence-corrected chi connectivity index (χ0v) is 16.3. The van der Waals surface area contributed by atoms with Crippen molar-refractivity contribution in [1.29, 1.82) is 0 Å². The van der Waals surface area contributed by atoms with E-state index >= 15 is 0 Å². The summed E-state index contributed by atoms with van der Waals surface area (Å²) in [6.07, 6.45) is 0. The Morgan fingerprint density at radius 2 is 2.00 bits per heavy atom. The van der Waals surface area contributed by atoms with Gasteiger partial charge in [-0.1, -0.05) is 22.5 Å². The topological polar surface area (TPSA) is 145 Å². The van der Waals surface area contributed by atoms with Crippen LogP contribution in [0.4, 0.5) is 11.0 Å². The molecule has 1 amide bonds. The van der Waals surface area contributed by atoms with Crippen molar-refractivity contribution < 1.29 is 22.6 Å². The fourth-order valence-corrected chi connectivity index (χ4v) is 3.99. The summed E-state index contributed by atoms with van der Waals surface area (Å²) >= 11 is 0.711. The lowest BCUT2D eigenvalue weighted by Crippen LogP contribution is -2.13. The summed E-state index contributed by atoms with van der Waals surface area (Å²) in [6.45, 7) is 3.16. The Balaban J connectivity index is 1.80. The van der Waals surface area contributed by atoms with Gasteiger partial charge < -0.3 is 4.42 Å².